The van der Waals surface area contributed by atoms with Crippen LogP contribution in [-0.2, 0) is 11.3 Å². The summed E-state index contributed by atoms with van der Waals surface area (Å²) in [5.74, 6) is 0. The van der Waals surface area contributed by atoms with Crippen LogP contribution in [0.25, 0.3) is 0 Å². The lowest BCUT2D eigenvalue weighted by Crippen LogP contribution is -2.41. The lowest BCUT2D eigenvalue weighted by molar-refractivity contribution is 0.116. The van der Waals surface area contributed by atoms with E-state index in [1.807, 2.05) is 6.07 Å². The maximum absolute atomic E-state index is 5.93. The van der Waals surface area contributed by atoms with E-state index in [9.17, 15) is 0 Å². The van der Waals surface area contributed by atoms with Crippen molar-refractivity contribution < 1.29 is 4.74 Å². The smallest absolute Gasteiger partial charge is 0.0931 e. The molecule has 1 heterocycles. The zero-order valence-corrected chi connectivity index (χ0v) is 14.4. The summed E-state index contributed by atoms with van der Waals surface area (Å²) in [5, 5.41) is 3.49. The number of thiophene rings is 1. The fourth-order valence-electron chi connectivity index (χ4n) is 2.37. The van der Waals surface area contributed by atoms with E-state index in [0.717, 1.165) is 37.1 Å². The number of ether oxygens (including phenoxy) is 1. The molecule has 20 heavy (non-hydrogen) atoms. The monoisotopic (exact) mass is 318 g/mol. The van der Waals surface area contributed by atoms with Crippen molar-refractivity contribution in [2.75, 3.05) is 33.4 Å². The summed E-state index contributed by atoms with van der Waals surface area (Å²) in [4.78, 5) is 3.82. The third-order valence-corrected chi connectivity index (χ3v) is 4.78. The second-order valence-corrected chi connectivity index (χ2v) is 6.68. The van der Waals surface area contributed by atoms with Gasteiger partial charge >= 0.3 is 0 Å². The van der Waals surface area contributed by atoms with E-state index < -0.39 is 0 Å². The Kier molecular flexibility index (Phi) is 9.48. The van der Waals surface area contributed by atoms with Gasteiger partial charge in [-0.3, -0.25) is 4.90 Å². The van der Waals surface area contributed by atoms with Crippen LogP contribution in [0.2, 0.25) is 4.34 Å². The van der Waals surface area contributed by atoms with Crippen LogP contribution < -0.4 is 5.32 Å². The highest BCUT2D eigenvalue weighted by molar-refractivity contribution is 7.16. The van der Waals surface area contributed by atoms with Crippen LogP contribution >= 0.6 is 22.9 Å². The molecule has 0 saturated heterocycles. The minimum Gasteiger partial charge on any atom is -0.383 e. The Morgan fingerprint density at radius 1 is 1.30 bits per heavy atom. The summed E-state index contributed by atoms with van der Waals surface area (Å²) in [5.41, 5.74) is 0. The molecule has 3 nitrogen and oxygen atoms in total. The molecule has 1 aromatic heterocycles. The van der Waals surface area contributed by atoms with E-state index in [4.69, 9.17) is 16.3 Å². The van der Waals surface area contributed by atoms with Crippen molar-refractivity contribution in [3.8, 4) is 0 Å². The Hall–Kier alpha value is -0.130. The Balaban J connectivity index is 2.29. The molecule has 0 saturated carbocycles. The number of hydrogen-bond donors (Lipinski definition) is 1. The van der Waals surface area contributed by atoms with Gasteiger partial charge in [0.15, 0.2) is 0 Å². The van der Waals surface area contributed by atoms with Crippen molar-refractivity contribution >= 4 is 22.9 Å². The predicted molar refractivity (Wildman–Crippen MR) is 88.9 cm³/mol. The van der Waals surface area contributed by atoms with Crippen LogP contribution in [0.4, 0.5) is 0 Å². The minimum absolute atomic E-state index is 0.656. The standard InChI is InChI=1S/C15H27ClN2OS/c1-4-13(5-2)18(10-11-19-3)9-8-17-12-14-6-7-15(16)20-14/h6-7,13,17H,4-5,8-12H2,1-3H3. The Morgan fingerprint density at radius 2 is 2.05 bits per heavy atom. The van der Waals surface area contributed by atoms with Crippen molar-refractivity contribution in [3.05, 3.63) is 21.3 Å². The van der Waals surface area contributed by atoms with Gasteiger partial charge in [0.2, 0.25) is 0 Å². The maximum Gasteiger partial charge on any atom is 0.0931 e. The Bertz CT molecular complexity index is 355. The van der Waals surface area contributed by atoms with Gasteiger partial charge in [0, 0.05) is 44.2 Å². The zero-order valence-electron chi connectivity index (χ0n) is 12.8. The molecule has 0 amide bonds. The van der Waals surface area contributed by atoms with Crippen LogP contribution in [0, 0.1) is 0 Å². The molecule has 0 aromatic carbocycles. The normalized spacial score (nSPS) is 11.7. The topological polar surface area (TPSA) is 24.5 Å². The lowest BCUT2D eigenvalue weighted by atomic mass is 10.1. The third-order valence-electron chi connectivity index (χ3n) is 3.55. The molecule has 0 atom stereocenters. The third kappa shape index (κ3) is 6.55. The molecule has 0 spiro atoms. The van der Waals surface area contributed by atoms with Gasteiger partial charge in [0.1, 0.15) is 0 Å². The number of nitrogens with one attached hydrogen (secondary N) is 1. The zero-order chi connectivity index (χ0) is 14.8. The van der Waals surface area contributed by atoms with Crippen molar-refractivity contribution in [2.45, 2.75) is 39.3 Å². The second kappa shape index (κ2) is 10.6. The van der Waals surface area contributed by atoms with Gasteiger partial charge in [0.25, 0.3) is 0 Å². The molecule has 0 radical (unpaired) electrons. The first-order valence-corrected chi connectivity index (χ1v) is 8.58. The average molecular weight is 319 g/mol. The van der Waals surface area contributed by atoms with E-state index in [1.165, 1.54) is 17.7 Å². The van der Waals surface area contributed by atoms with Gasteiger partial charge in [-0.05, 0) is 25.0 Å². The molecule has 1 rings (SSSR count). The minimum atomic E-state index is 0.656. The Morgan fingerprint density at radius 3 is 2.60 bits per heavy atom. The van der Waals surface area contributed by atoms with Gasteiger partial charge in [-0.15, -0.1) is 11.3 Å². The summed E-state index contributed by atoms with van der Waals surface area (Å²) in [7, 11) is 1.77. The molecule has 116 valence electrons. The largest absolute Gasteiger partial charge is 0.383 e. The molecule has 0 aliphatic rings. The van der Waals surface area contributed by atoms with Crippen molar-refractivity contribution in [3.63, 3.8) is 0 Å². The summed E-state index contributed by atoms with van der Waals surface area (Å²) in [6, 6.07) is 4.70. The average Bonchev–Trinajstić information content (AvgIpc) is 2.86. The van der Waals surface area contributed by atoms with Crippen molar-refractivity contribution in [2.24, 2.45) is 0 Å². The summed E-state index contributed by atoms with van der Waals surface area (Å²) in [6.07, 6.45) is 2.39. The Labute approximate surface area is 132 Å². The summed E-state index contributed by atoms with van der Waals surface area (Å²) >= 11 is 7.57. The molecule has 0 aliphatic carbocycles. The quantitative estimate of drug-likeness (QED) is 0.631. The first-order valence-electron chi connectivity index (χ1n) is 7.39. The number of halogens is 1. The van der Waals surface area contributed by atoms with Crippen LogP contribution in [0.15, 0.2) is 12.1 Å². The van der Waals surface area contributed by atoms with Gasteiger partial charge in [-0.25, -0.2) is 0 Å². The molecule has 0 bridgehead atoms. The van der Waals surface area contributed by atoms with Crippen LogP contribution in [0.5, 0.6) is 0 Å². The van der Waals surface area contributed by atoms with Gasteiger partial charge in [-0.2, -0.15) is 0 Å². The van der Waals surface area contributed by atoms with Gasteiger partial charge in [0.05, 0.1) is 10.9 Å². The molecule has 0 aliphatic heterocycles. The van der Waals surface area contributed by atoms with Crippen molar-refractivity contribution in [1.29, 1.82) is 0 Å². The SMILES string of the molecule is CCC(CC)N(CCNCc1ccc(Cl)s1)CCOC. The summed E-state index contributed by atoms with van der Waals surface area (Å²) in [6.45, 7) is 9.29. The molecule has 0 unspecified atom stereocenters. The highest BCUT2D eigenvalue weighted by atomic mass is 35.5. The molecular formula is C15H27ClN2OS. The predicted octanol–water partition coefficient (Wildman–Crippen LogP) is 3.63. The number of nitrogens with zero attached hydrogens (tertiary/aromatic N) is 1. The van der Waals surface area contributed by atoms with E-state index in [-0.39, 0.29) is 0 Å². The molecule has 0 fully saturated rings. The second-order valence-electron chi connectivity index (χ2n) is 4.88. The molecule has 1 N–H and O–H groups in total. The summed E-state index contributed by atoms with van der Waals surface area (Å²) < 4.78 is 6.08. The van der Waals surface area contributed by atoms with E-state index in [1.54, 1.807) is 18.4 Å². The maximum atomic E-state index is 5.93. The fraction of sp³-hybridized carbons (Fsp3) is 0.733. The van der Waals surface area contributed by atoms with Crippen molar-refractivity contribution in [1.82, 2.24) is 10.2 Å². The fourth-order valence-corrected chi connectivity index (χ4v) is 3.43. The molecule has 1 aromatic rings. The lowest BCUT2D eigenvalue weighted by Gasteiger charge is -2.30. The number of methoxy groups -OCH3 is 1. The van der Waals surface area contributed by atoms with Gasteiger partial charge in [-0.1, -0.05) is 25.4 Å². The molecule has 5 heteroatoms. The number of rotatable bonds is 11. The number of hydrogen-bond acceptors (Lipinski definition) is 4. The van der Waals surface area contributed by atoms with E-state index in [0.29, 0.717) is 6.04 Å². The first kappa shape index (κ1) is 17.9. The highest BCUT2D eigenvalue weighted by Gasteiger charge is 2.14. The highest BCUT2D eigenvalue weighted by Crippen LogP contribution is 2.20. The van der Waals surface area contributed by atoms with Crippen LogP contribution in [0.3, 0.4) is 0 Å². The van der Waals surface area contributed by atoms with Gasteiger partial charge < -0.3 is 10.1 Å². The van der Waals surface area contributed by atoms with E-state index >= 15 is 0 Å². The van der Waals surface area contributed by atoms with Crippen LogP contribution in [0.1, 0.15) is 31.6 Å². The first-order chi connectivity index (χ1) is 9.71. The molecular weight excluding hydrogens is 292 g/mol. The van der Waals surface area contributed by atoms with Crippen LogP contribution in [-0.4, -0.2) is 44.3 Å². The van der Waals surface area contributed by atoms with E-state index in [2.05, 4.69) is 30.1 Å².